The number of carbonyl (C=O) groups excluding carboxylic acids is 2. The highest BCUT2D eigenvalue weighted by Crippen LogP contribution is 2.49. The minimum absolute atomic E-state index is 0.0669. The maximum atomic E-state index is 13.3. The molecule has 2 aromatic rings. The Labute approximate surface area is 188 Å². The molecule has 7 heteroatoms. The molecule has 3 heterocycles. The number of nitrogens with one attached hydrogen (secondary N) is 1. The predicted molar refractivity (Wildman–Crippen MR) is 126 cm³/mol. The Morgan fingerprint density at radius 1 is 1.32 bits per heavy atom. The molecule has 1 amide bonds. The van der Waals surface area contributed by atoms with E-state index in [0.29, 0.717) is 13.1 Å². The maximum absolute atomic E-state index is 13.3. The van der Waals surface area contributed by atoms with E-state index in [0.717, 1.165) is 28.7 Å². The molecule has 0 unspecified atom stereocenters. The number of anilines is 1. The normalized spacial score (nSPS) is 29.2. The van der Waals surface area contributed by atoms with Crippen LogP contribution in [0.3, 0.4) is 0 Å². The molecule has 0 spiro atoms. The zero-order chi connectivity index (χ0) is 22.8. The van der Waals surface area contributed by atoms with Crippen LogP contribution in [0.5, 0.6) is 0 Å². The highest BCUT2D eigenvalue weighted by Gasteiger charge is 2.65. The highest BCUT2D eigenvalue weighted by atomic mass is 32.1. The lowest BCUT2D eigenvalue weighted by molar-refractivity contribution is -0.156. The summed E-state index contributed by atoms with van der Waals surface area (Å²) in [5.41, 5.74) is 8.36. The van der Waals surface area contributed by atoms with Crippen molar-refractivity contribution < 1.29 is 14.3 Å². The van der Waals surface area contributed by atoms with Gasteiger partial charge < -0.3 is 25.5 Å². The minimum Gasteiger partial charge on any atom is -0.370 e. The molecule has 1 aromatic heterocycles. The van der Waals surface area contributed by atoms with Gasteiger partial charge in [-0.25, -0.2) is 0 Å². The molecule has 2 aliphatic rings. The Bertz CT molecular complexity index is 932. The van der Waals surface area contributed by atoms with Crippen molar-refractivity contribution in [1.29, 1.82) is 0 Å². The van der Waals surface area contributed by atoms with E-state index in [4.69, 9.17) is 10.5 Å². The Hall–Kier alpha value is -2.22. The smallest absolute Gasteiger partial charge is 0.237 e. The van der Waals surface area contributed by atoms with Gasteiger partial charge in [0, 0.05) is 18.8 Å². The topological polar surface area (TPSA) is 84.7 Å². The zero-order valence-electron chi connectivity index (χ0n) is 19.0. The van der Waals surface area contributed by atoms with E-state index in [1.807, 2.05) is 44.9 Å². The van der Waals surface area contributed by atoms with Crippen molar-refractivity contribution >= 4 is 29.2 Å². The van der Waals surface area contributed by atoms with Crippen molar-refractivity contribution in [3.8, 4) is 11.1 Å². The van der Waals surface area contributed by atoms with Crippen LogP contribution in [-0.4, -0.2) is 43.2 Å². The first-order chi connectivity index (χ1) is 14.9. The minimum atomic E-state index is -1.44. The summed E-state index contributed by atoms with van der Waals surface area (Å²) < 4.78 is 6.04. The fourth-order valence-corrected chi connectivity index (χ4v) is 5.50. The van der Waals surface area contributed by atoms with Gasteiger partial charge in [-0.05, 0) is 72.8 Å². The Kier molecular flexibility index (Phi) is 6.88. The molecule has 4 atom stereocenters. The van der Waals surface area contributed by atoms with Gasteiger partial charge in [0.05, 0.1) is 12.2 Å². The SMILES string of the molecule is CC.CCNC(=O)[C@]1(C=O)Cc2cc(-c3ccsc3)ccc2N2C[C@@H](C)O[C@@H](C)[C@@]21N. The van der Waals surface area contributed by atoms with E-state index in [1.54, 1.807) is 11.3 Å². The summed E-state index contributed by atoms with van der Waals surface area (Å²) in [6.07, 6.45) is 0.415. The standard InChI is InChI=1S/C22H27N3O3S.C2H6/c1-4-24-20(27)21(13-26)10-18-9-16(17-7-8-29-12-17)5-6-19(18)25-11-14(2)28-15(3)22(21,25)23;1-2/h5-9,12-15H,4,10-11,23H2,1-3H3,(H,24,27);1-2H3/t14-,15+,21-,22-;/m1./s1. The lowest BCUT2D eigenvalue weighted by atomic mass is 9.64. The summed E-state index contributed by atoms with van der Waals surface area (Å²) in [7, 11) is 0. The largest absolute Gasteiger partial charge is 0.370 e. The van der Waals surface area contributed by atoms with Crippen molar-refractivity contribution in [2.75, 3.05) is 18.0 Å². The van der Waals surface area contributed by atoms with Crippen molar-refractivity contribution in [3.63, 3.8) is 0 Å². The number of nitrogens with zero attached hydrogens (tertiary/aromatic N) is 1. The summed E-state index contributed by atoms with van der Waals surface area (Å²) in [4.78, 5) is 27.9. The van der Waals surface area contributed by atoms with E-state index < -0.39 is 17.2 Å². The number of hydrogen-bond acceptors (Lipinski definition) is 6. The molecule has 0 radical (unpaired) electrons. The third kappa shape index (κ3) is 3.58. The van der Waals surface area contributed by atoms with Crippen LogP contribution in [0.4, 0.5) is 5.69 Å². The van der Waals surface area contributed by atoms with E-state index in [9.17, 15) is 9.59 Å². The molecule has 6 nitrogen and oxygen atoms in total. The number of benzene rings is 1. The molecule has 168 valence electrons. The van der Waals surface area contributed by atoms with Crippen LogP contribution in [0.2, 0.25) is 0 Å². The molecule has 31 heavy (non-hydrogen) atoms. The molecular weight excluding hydrogens is 410 g/mol. The first-order valence-corrected chi connectivity index (χ1v) is 11.9. The second-order valence-corrected chi connectivity index (χ2v) is 8.79. The van der Waals surface area contributed by atoms with E-state index >= 15 is 0 Å². The number of nitrogens with two attached hydrogens (primary N) is 1. The molecule has 0 aliphatic carbocycles. The number of fused-ring (bicyclic) bond motifs is 3. The summed E-state index contributed by atoms with van der Waals surface area (Å²) in [5, 5.41) is 6.97. The Morgan fingerprint density at radius 3 is 2.68 bits per heavy atom. The van der Waals surface area contributed by atoms with Crippen molar-refractivity contribution in [3.05, 3.63) is 40.6 Å². The molecular formula is C24H33N3O3S. The van der Waals surface area contributed by atoms with Crippen LogP contribution in [-0.2, 0) is 20.7 Å². The van der Waals surface area contributed by atoms with Gasteiger partial charge in [-0.3, -0.25) is 4.79 Å². The average Bonchev–Trinajstić information content (AvgIpc) is 3.31. The lowest BCUT2D eigenvalue weighted by Crippen LogP contribution is -2.81. The average molecular weight is 444 g/mol. The van der Waals surface area contributed by atoms with Crippen LogP contribution in [0.1, 0.15) is 40.2 Å². The molecule has 1 saturated heterocycles. The van der Waals surface area contributed by atoms with Gasteiger partial charge in [0.1, 0.15) is 17.4 Å². The van der Waals surface area contributed by atoms with Crippen LogP contribution >= 0.6 is 11.3 Å². The maximum Gasteiger partial charge on any atom is 0.237 e. The fraction of sp³-hybridized carbons (Fsp3) is 0.500. The number of morpholine rings is 1. The van der Waals surface area contributed by atoms with E-state index in [-0.39, 0.29) is 18.4 Å². The second kappa shape index (κ2) is 9.10. The van der Waals surface area contributed by atoms with Crippen molar-refractivity contribution in [1.82, 2.24) is 5.32 Å². The van der Waals surface area contributed by atoms with Crippen molar-refractivity contribution in [2.24, 2.45) is 11.1 Å². The number of ether oxygens (including phenoxy) is 1. The second-order valence-electron chi connectivity index (χ2n) is 8.01. The number of aldehydes is 1. The number of rotatable bonds is 4. The summed E-state index contributed by atoms with van der Waals surface area (Å²) in [5.74, 6) is -0.348. The van der Waals surface area contributed by atoms with Crippen LogP contribution in [0.25, 0.3) is 11.1 Å². The Morgan fingerprint density at radius 2 is 2.06 bits per heavy atom. The van der Waals surface area contributed by atoms with E-state index in [1.165, 1.54) is 0 Å². The molecule has 1 fully saturated rings. The zero-order valence-corrected chi connectivity index (χ0v) is 19.8. The lowest BCUT2D eigenvalue weighted by Gasteiger charge is -2.60. The molecule has 3 N–H and O–H groups in total. The third-order valence-corrected chi connectivity index (χ3v) is 6.98. The van der Waals surface area contributed by atoms with Gasteiger partial charge in [0.25, 0.3) is 0 Å². The molecule has 1 aromatic carbocycles. The van der Waals surface area contributed by atoms with Crippen LogP contribution in [0, 0.1) is 5.41 Å². The molecule has 0 saturated carbocycles. The molecule has 4 rings (SSSR count). The molecule has 0 bridgehead atoms. The summed E-state index contributed by atoms with van der Waals surface area (Å²) in [6.45, 7) is 10.6. The fourth-order valence-electron chi connectivity index (χ4n) is 4.83. The van der Waals surface area contributed by atoms with Gasteiger partial charge in [0.2, 0.25) is 5.91 Å². The monoisotopic (exact) mass is 443 g/mol. The first-order valence-electron chi connectivity index (χ1n) is 11.0. The van der Waals surface area contributed by atoms with Crippen molar-refractivity contribution in [2.45, 2.75) is 58.9 Å². The molecule has 2 aliphatic heterocycles. The number of carbonyl (C=O) groups is 2. The summed E-state index contributed by atoms with van der Waals surface area (Å²) >= 11 is 1.64. The van der Waals surface area contributed by atoms with Gasteiger partial charge in [-0.1, -0.05) is 19.9 Å². The first kappa shape index (κ1) is 23.4. The quantitative estimate of drug-likeness (QED) is 0.557. The number of hydrogen-bond donors (Lipinski definition) is 2. The van der Waals surface area contributed by atoms with Gasteiger partial charge in [-0.2, -0.15) is 11.3 Å². The third-order valence-electron chi connectivity index (χ3n) is 6.29. The predicted octanol–water partition coefficient (Wildman–Crippen LogP) is 3.59. The highest BCUT2D eigenvalue weighted by molar-refractivity contribution is 7.08. The van der Waals surface area contributed by atoms with Gasteiger partial charge in [-0.15, -0.1) is 0 Å². The van der Waals surface area contributed by atoms with Gasteiger partial charge in [0.15, 0.2) is 0 Å². The number of thiophene rings is 1. The van der Waals surface area contributed by atoms with Gasteiger partial charge >= 0.3 is 0 Å². The van der Waals surface area contributed by atoms with E-state index in [2.05, 4.69) is 35.0 Å². The number of amides is 1. The van der Waals surface area contributed by atoms with Crippen LogP contribution < -0.4 is 16.0 Å². The summed E-state index contributed by atoms with van der Waals surface area (Å²) in [6, 6.07) is 8.28. The van der Waals surface area contributed by atoms with Crippen LogP contribution in [0.15, 0.2) is 35.0 Å². The Balaban J connectivity index is 0.00000132.